The summed E-state index contributed by atoms with van der Waals surface area (Å²) >= 11 is 0. The molecule has 13 heavy (non-hydrogen) atoms. The van der Waals surface area contributed by atoms with Crippen molar-refractivity contribution in [1.82, 2.24) is 5.32 Å². The molecule has 0 aromatic rings. The molecule has 1 saturated heterocycles. The van der Waals surface area contributed by atoms with Crippen LogP contribution in [0.1, 0.15) is 20.3 Å². The SMILES string of the molecule is CCOCCCNCC1(C)COC1. The normalized spacial score (nSPS) is 19.8. The van der Waals surface area contributed by atoms with Crippen LogP contribution >= 0.6 is 0 Å². The van der Waals surface area contributed by atoms with E-state index in [4.69, 9.17) is 9.47 Å². The monoisotopic (exact) mass is 187 g/mol. The molecule has 1 rings (SSSR count). The Labute approximate surface area is 80.8 Å². The summed E-state index contributed by atoms with van der Waals surface area (Å²) in [4.78, 5) is 0. The predicted octanol–water partition coefficient (Wildman–Crippen LogP) is 1.04. The smallest absolute Gasteiger partial charge is 0.0554 e. The van der Waals surface area contributed by atoms with E-state index in [1.165, 1.54) is 0 Å². The fourth-order valence-corrected chi connectivity index (χ4v) is 1.39. The minimum absolute atomic E-state index is 0.394. The first-order valence-corrected chi connectivity index (χ1v) is 5.13. The highest BCUT2D eigenvalue weighted by molar-refractivity contribution is 4.82. The lowest BCUT2D eigenvalue weighted by molar-refractivity contribution is -0.0990. The minimum Gasteiger partial charge on any atom is -0.382 e. The Morgan fingerprint density at radius 3 is 2.77 bits per heavy atom. The third kappa shape index (κ3) is 4.07. The number of hydrogen-bond donors (Lipinski definition) is 1. The Hall–Kier alpha value is -0.120. The van der Waals surface area contributed by atoms with Crippen LogP contribution in [0.4, 0.5) is 0 Å². The number of nitrogens with one attached hydrogen (secondary N) is 1. The van der Waals surface area contributed by atoms with Gasteiger partial charge in [0.05, 0.1) is 13.2 Å². The predicted molar refractivity (Wildman–Crippen MR) is 52.9 cm³/mol. The van der Waals surface area contributed by atoms with Gasteiger partial charge in [-0.3, -0.25) is 0 Å². The molecule has 1 fully saturated rings. The van der Waals surface area contributed by atoms with Gasteiger partial charge in [-0.15, -0.1) is 0 Å². The number of ether oxygens (including phenoxy) is 2. The van der Waals surface area contributed by atoms with E-state index in [0.717, 1.165) is 45.9 Å². The van der Waals surface area contributed by atoms with Gasteiger partial charge in [-0.1, -0.05) is 6.92 Å². The standard InChI is InChI=1S/C10H21NO2/c1-3-12-6-4-5-11-7-10(2)8-13-9-10/h11H,3-9H2,1-2H3. The molecule has 0 saturated carbocycles. The van der Waals surface area contributed by atoms with Crippen LogP contribution in [0, 0.1) is 5.41 Å². The second-order valence-corrected chi connectivity index (χ2v) is 4.03. The van der Waals surface area contributed by atoms with Crippen molar-refractivity contribution < 1.29 is 9.47 Å². The topological polar surface area (TPSA) is 30.5 Å². The third-order valence-corrected chi connectivity index (χ3v) is 2.30. The molecule has 0 spiro atoms. The fourth-order valence-electron chi connectivity index (χ4n) is 1.39. The highest BCUT2D eigenvalue weighted by atomic mass is 16.5. The Kier molecular flexibility index (Phi) is 4.70. The summed E-state index contributed by atoms with van der Waals surface area (Å²) in [6, 6.07) is 0. The summed E-state index contributed by atoms with van der Waals surface area (Å²) in [6.07, 6.45) is 1.10. The van der Waals surface area contributed by atoms with Gasteiger partial charge >= 0.3 is 0 Å². The van der Waals surface area contributed by atoms with Crippen LogP contribution in [0.2, 0.25) is 0 Å². The molecule has 1 aliphatic heterocycles. The van der Waals surface area contributed by atoms with Gasteiger partial charge in [0.15, 0.2) is 0 Å². The molecule has 0 radical (unpaired) electrons. The fraction of sp³-hybridized carbons (Fsp3) is 1.00. The highest BCUT2D eigenvalue weighted by Gasteiger charge is 2.32. The van der Waals surface area contributed by atoms with Crippen molar-refractivity contribution in [3.05, 3.63) is 0 Å². The molecular formula is C10H21NO2. The van der Waals surface area contributed by atoms with E-state index in [-0.39, 0.29) is 0 Å². The van der Waals surface area contributed by atoms with Crippen molar-refractivity contribution in [2.45, 2.75) is 20.3 Å². The van der Waals surface area contributed by atoms with Gasteiger partial charge in [0, 0.05) is 25.2 Å². The molecule has 1 N–H and O–H groups in total. The van der Waals surface area contributed by atoms with Crippen LogP contribution in [0.25, 0.3) is 0 Å². The summed E-state index contributed by atoms with van der Waals surface area (Å²) in [7, 11) is 0. The van der Waals surface area contributed by atoms with E-state index in [2.05, 4.69) is 12.2 Å². The summed E-state index contributed by atoms with van der Waals surface area (Å²) in [5.41, 5.74) is 0.394. The van der Waals surface area contributed by atoms with Crippen molar-refractivity contribution in [3.63, 3.8) is 0 Å². The lowest BCUT2D eigenvalue weighted by Gasteiger charge is -2.38. The number of hydrogen-bond acceptors (Lipinski definition) is 3. The molecule has 0 bridgehead atoms. The zero-order valence-electron chi connectivity index (χ0n) is 8.77. The third-order valence-electron chi connectivity index (χ3n) is 2.30. The van der Waals surface area contributed by atoms with Crippen LogP contribution < -0.4 is 5.32 Å². The zero-order chi connectivity index (χ0) is 9.57. The Morgan fingerprint density at radius 1 is 1.46 bits per heavy atom. The molecule has 0 amide bonds. The maximum atomic E-state index is 5.24. The van der Waals surface area contributed by atoms with Gasteiger partial charge < -0.3 is 14.8 Å². The maximum absolute atomic E-state index is 5.24. The lowest BCUT2D eigenvalue weighted by Crippen LogP contribution is -2.47. The minimum atomic E-state index is 0.394. The largest absolute Gasteiger partial charge is 0.382 e. The van der Waals surface area contributed by atoms with Crippen LogP contribution in [0.5, 0.6) is 0 Å². The number of rotatable bonds is 7. The van der Waals surface area contributed by atoms with Crippen molar-refractivity contribution in [3.8, 4) is 0 Å². The molecule has 78 valence electrons. The Morgan fingerprint density at radius 2 is 2.23 bits per heavy atom. The van der Waals surface area contributed by atoms with E-state index >= 15 is 0 Å². The van der Waals surface area contributed by atoms with E-state index in [1.54, 1.807) is 0 Å². The summed E-state index contributed by atoms with van der Waals surface area (Å²) in [6.45, 7) is 9.92. The van der Waals surface area contributed by atoms with Gasteiger partial charge in [0.2, 0.25) is 0 Å². The Balaban J connectivity index is 1.83. The first kappa shape index (κ1) is 11.0. The van der Waals surface area contributed by atoms with Gasteiger partial charge in [-0.25, -0.2) is 0 Å². The highest BCUT2D eigenvalue weighted by Crippen LogP contribution is 2.24. The van der Waals surface area contributed by atoms with E-state index in [9.17, 15) is 0 Å². The molecule has 0 atom stereocenters. The zero-order valence-corrected chi connectivity index (χ0v) is 8.77. The average Bonchev–Trinajstić information content (AvgIpc) is 2.08. The lowest BCUT2D eigenvalue weighted by atomic mass is 9.89. The molecule has 0 aromatic heterocycles. The Bertz CT molecular complexity index is 135. The average molecular weight is 187 g/mol. The van der Waals surface area contributed by atoms with Crippen LogP contribution in [-0.2, 0) is 9.47 Å². The maximum Gasteiger partial charge on any atom is 0.0554 e. The van der Waals surface area contributed by atoms with E-state index in [0.29, 0.717) is 5.41 Å². The van der Waals surface area contributed by atoms with Gasteiger partial charge in [0.25, 0.3) is 0 Å². The summed E-state index contributed by atoms with van der Waals surface area (Å²) < 4.78 is 10.4. The first-order valence-electron chi connectivity index (χ1n) is 5.13. The molecule has 0 aromatic carbocycles. The molecule has 3 nitrogen and oxygen atoms in total. The molecule has 1 heterocycles. The van der Waals surface area contributed by atoms with Crippen molar-refractivity contribution in [2.75, 3.05) is 39.5 Å². The molecule has 0 aliphatic carbocycles. The summed E-state index contributed by atoms with van der Waals surface area (Å²) in [5.74, 6) is 0. The molecule has 3 heteroatoms. The van der Waals surface area contributed by atoms with E-state index in [1.807, 2.05) is 6.92 Å². The molecule has 1 aliphatic rings. The second kappa shape index (κ2) is 5.58. The molecular weight excluding hydrogens is 166 g/mol. The van der Waals surface area contributed by atoms with Crippen LogP contribution in [0.3, 0.4) is 0 Å². The van der Waals surface area contributed by atoms with Crippen molar-refractivity contribution in [2.24, 2.45) is 5.41 Å². The first-order chi connectivity index (χ1) is 6.27. The van der Waals surface area contributed by atoms with Crippen molar-refractivity contribution in [1.29, 1.82) is 0 Å². The quantitative estimate of drug-likeness (QED) is 0.604. The second-order valence-electron chi connectivity index (χ2n) is 4.03. The van der Waals surface area contributed by atoms with Crippen LogP contribution in [0.15, 0.2) is 0 Å². The van der Waals surface area contributed by atoms with Gasteiger partial charge in [-0.05, 0) is 19.9 Å². The van der Waals surface area contributed by atoms with Crippen LogP contribution in [-0.4, -0.2) is 39.5 Å². The van der Waals surface area contributed by atoms with Gasteiger partial charge in [-0.2, -0.15) is 0 Å². The molecule has 0 unspecified atom stereocenters. The van der Waals surface area contributed by atoms with Gasteiger partial charge in [0.1, 0.15) is 0 Å². The van der Waals surface area contributed by atoms with Crippen molar-refractivity contribution >= 4 is 0 Å². The summed E-state index contributed by atoms with van der Waals surface area (Å²) in [5, 5.41) is 3.43. The van der Waals surface area contributed by atoms with E-state index < -0.39 is 0 Å².